The Hall–Kier alpha value is -1.75. The molecule has 0 aliphatic rings. The molecule has 4 nitrogen and oxygen atoms in total. The summed E-state index contributed by atoms with van der Waals surface area (Å²) in [6.45, 7) is 6.44. The second-order valence-corrected chi connectivity index (χ2v) is 5.53. The number of amides is 1. The summed E-state index contributed by atoms with van der Waals surface area (Å²) in [5.74, 6) is -0.119. The SMILES string of the molecule is Cc1cccc(Nc2ccccc2C(=O)N[C@@H](C)CN)c1C.Cl.Cl. The normalized spacial score (nSPS) is 10.8. The van der Waals surface area contributed by atoms with Crippen LogP contribution in [0.1, 0.15) is 28.4 Å². The summed E-state index contributed by atoms with van der Waals surface area (Å²) >= 11 is 0. The van der Waals surface area contributed by atoms with E-state index in [1.807, 2.05) is 43.3 Å². The molecule has 0 aliphatic carbocycles. The first-order valence-corrected chi connectivity index (χ1v) is 7.46. The third-order valence-electron chi connectivity index (χ3n) is 3.78. The number of halogens is 2. The van der Waals surface area contributed by atoms with Crippen LogP contribution in [0.3, 0.4) is 0 Å². The molecule has 6 heteroatoms. The van der Waals surface area contributed by atoms with Crippen LogP contribution in [0.15, 0.2) is 42.5 Å². The van der Waals surface area contributed by atoms with Crippen LogP contribution in [-0.2, 0) is 0 Å². The van der Waals surface area contributed by atoms with E-state index in [0.717, 1.165) is 11.4 Å². The lowest BCUT2D eigenvalue weighted by Crippen LogP contribution is -2.38. The second kappa shape index (κ2) is 10.2. The largest absolute Gasteiger partial charge is 0.355 e. The first kappa shape index (κ1) is 22.2. The monoisotopic (exact) mass is 369 g/mol. The van der Waals surface area contributed by atoms with Crippen molar-refractivity contribution in [1.82, 2.24) is 5.32 Å². The van der Waals surface area contributed by atoms with Gasteiger partial charge in [0.25, 0.3) is 5.91 Å². The van der Waals surface area contributed by atoms with Crippen molar-refractivity contribution in [3.05, 3.63) is 59.2 Å². The van der Waals surface area contributed by atoms with Gasteiger partial charge < -0.3 is 16.4 Å². The zero-order valence-electron chi connectivity index (χ0n) is 14.1. The van der Waals surface area contributed by atoms with Crippen LogP contribution in [-0.4, -0.2) is 18.5 Å². The molecule has 1 amide bonds. The molecule has 0 saturated heterocycles. The number of rotatable bonds is 5. The predicted octanol–water partition coefficient (Wildman–Crippen LogP) is 3.97. The van der Waals surface area contributed by atoms with Gasteiger partial charge in [-0.1, -0.05) is 24.3 Å². The Morgan fingerprint density at radius 2 is 1.67 bits per heavy atom. The third kappa shape index (κ3) is 5.41. The highest BCUT2D eigenvalue weighted by Crippen LogP contribution is 2.25. The van der Waals surface area contributed by atoms with Crippen LogP contribution in [0.25, 0.3) is 0 Å². The van der Waals surface area contributed by atoms with E-state index in [1.54, 1.807) is 0 Å². The number of carbonyl (C=O) groups is 1. The van der Waals surface area contributed by atoms with Gasteiger partial charge >= 0.3 is 0 Å². The summed E-state index contributed by atoms with van der Waals surface area (Å²) in [4.78, 5) is 12.4. The third-order valence-corrected chi connectivity index (χ3v) is 3.78. The maximum absolute atomic E-state index is 12.4. The summed E-state index contributed by atoms with van der Waals surface area (Å²) in [6, 6.07) is 13.5. The van der Waals surface area contributed by atoms with Crippen LogP contribution in [0.2, 0.25) is 0 Å². The molecule has 0 aliphatic heterocycles. The quantitative estimate of drug-likeness (QED) is 0.746. The first-order chi connectivity index (χ1) is 10.5. The van der Waals surface area contributed by atoms with Gasteiger partial charge in [0.15, 0.2) is 0 Å². The van der Waals surface area contributed by atoms with Crippen LogP contribution < -0.4 is 16.4 Å². The van der Waals surface area contributed by atoms with E-state index < -0.39 is 0 Å². The Bertz CT molecular complexity index is 677. The van der Waals surface area contributed by atoms with Gasteiger partial charge in [0.05, 0.1) is 11.3 Å². The predicted molar refractivity (Wildman–Crippen MR) is 106 cm³/mol. The smallest absolute Gasteiger partial charge is 0.253 e. The number of carbonyl (C=O) groups excluding carboxylic acids is 1. The van der Waals surface area contributed by atoms with Gasteiger partial charge in [0.2, 0.25) is 0 Å². The Balaban J connectivity index is 0.00000264. The van der Waals surface area contributed by atoms with Gasteiger partial charge in [-0.25, -0.2) is 0 Å². The average molecular weight is 370 g/mol. The Morgan fingerprint density at radius 1 is 1.04 bits per heavy atom. The Morgan fingerprint density at radius 3 is 2.33 bits per heavy atom. The standard InChI is InChI=1S/C18H23N3O.2ClH/c1-12-7-6-10-16(14(12)3)21-17-9-5-4-8-15(17)18(22)20-13(2)11-19;;/h4-10,13,21H,11,19H2,1-3H3,(H,20,22);2*1H/t13-;;/m0../s1. The van der Waals surface area contributed by atoms with Crippen molar-refractivity contribution in [1.29, 1.82) is 0 Å². The molecule has 0 aromatic heterocycles. The maximum atomic E-state index is 12.4. The Kier molecular flexibility index (Phi) is 9.44. The molecule has 2 rings (SSSR count). The van der Waals surface area contributed by atoms with Gasteiger partial charge in [-0.2, -0.15) is 0 Å². The summed E-state index contributed by atoms with van der Waals surface area (Å²) in [7, 11) is 0. The number of hydrogen-bond acceptors (Lipinski definition) is 3. The highest BCUT2D eigenvalue weighted by Gasteiger charge is 2.13. The van der Waals surface area contributed by atoms with Crippen molar-refractivity contribution < 1.29 is 4.79 Å². The fraction of sp³-hybridized carbons (Fsp3) is 0.278. The minimum Gasteiger partial charge on any atom is -0.355 e. The molecule has 0 spiro atoms. The first-order valence-electron chi connectivity index (χ1n) is 7.46. The van der Waals surface area contributed by atoms with E-state index in [0.29, 0.717) is 12.1 Å². The van der Waals surface area contributed by atoms with Crippen LogP contribution in [0, 0.1) is 13.8 Å². The van der Waals surface area contributed by atoms with E-state index in [4.69, 9.17) is 5.73 Å². The molecule has 132 valence electrons. The molecule has 0 heterocycles. The number of nitrogens with one attached hydrogen (secondary N) is 2. The number of anilines is 2. The summed E-state index contributed by atoms with van der Waals surface area (Å²) in [6.07, 6.45) is 0. The van der Waals surface area contributed by atoms with Crippen molar-refractivity contribution >= 4 is 42.1 Å². The lowest BCUT2D eigenvalue weighted by Gasteiger charge is -2.16. The molecule has 1 atom stereocenters. The molecule has 2 aromatic carbocycles. The fourth-order valence-electron chi connectivity index (χ4n) is 2.18. The van der Waals surface area contributed by atoms with E-state index in [9.17, 15) is 4.79 Å². The molecule has 24 heavy (non-hydrogen) atoms. The van der Waals surface area contributed by atoms with Gasteiger partial charge in [0.1, 0.15) is 0 Å². The number of benzene rings is 2. The van der Waals surface area contributed by atoms with Gasteiger partial charge in [-0.15, -0.1) is 24.8 Å². The molecule has 0 saturated carbocycles. The van der Waals surface area contributed by atoms with Gasteiger partial charge in [-0.05, 0) is 50.1 Å². The van der Waals surface area contributed by atoms with E-state index in [1.165, 1.54) is 11.1 Å². The number of aryl methyl sites for hydroxylation is 1. The lowest BCUT2D eigenvalue weighted by molar-refractivity contribution is 0.0942. The van der Waals surface area contributed by atoms with Crippen molar-refractivity contribution in [3.63, 3.8) is 0 Å². The molecule has 0 fully saturated rings. The number of para-hydroxylation sites is 1. The molecule has 4 N–H and O–H groups in total. The average Bonchev–Trinajstić information content (AvgIpc) is 2.52. The van der Waals surface area contributed by atoms with Crippen LogP contribution in [0.4, 0.5) is 11.4 Å². The summed E-state index contributed by atoms with van der Waals surface area (Å²) in [5, 5.41) is 6.26. The van der Waals surface area contributed by atoms with Gasteiger partial charge in [-0.3, -0.25) is 4.79 Å². The minimum absolute atomic E-state index is 0. The second-order valence-electron chi connectivity index (χ2n) is 5.53. The molecule has 2 aromatic rings. The van der Waals surface area contributed by atoms with Crippen molar-refractivity contribution in [2.75, 3.05) is 11.9 Å². The molecular weight excluding hydrogens is 345 g/mol. The molecule has 0 unspecified atom stereocenters. The van der Waals surface area contributed by atoms with Gasteiger partial charge in [0, 0.05) is 18.3 Å². The zero-order valence-corrected chi connectivity index (χ0v) is 15.8. The summed E-state index contributed by atoms with van der Waals surface area (Å²) in [5.41, 5.74) is 10.4. The van der Waals surface area contributed by atoms with Crippen molar-refractivity contribution in [2.24, 2.45) is 5.73 Å². The van der Waals surface area contributed by atoms with Crippen molar-refractivity contribution in [2.45, 2.75) is 26.8 Å². The maximum Gasteiger partial charge on any atom is 0.253 e. The van der Waals surface area contributed by atoms with E-state index in [2.05, 4.69) is 30.5 Å². The highest BCUT2D eigenvalue weighted by molar-refractivity contribution is 6.00. The van der Waals surface area contributed by atoms with Crippen molar-refractivity contribution in [3.8, 4) is 0 Å². The number of nitrogens with two attached hydrogens (primary N) is 1. The van der Waals surface area contributed by atoms with E-state index >= 15 is 0 Å². The highest BCUT2D eigenvalue weighted by atomic mass is 35.5. The molecule has 0 radical (unpaired) electrons. The number of hydrogen-bond donors (Lipinski definition) is 3. The molecule has 0 bridgehead atoms. The van der Waals surface area contributed by atoms with Crippen LogP contribution >= 0.6 is 24.8 Å². The zero-order chi connectivity index (χ0) is 16.1. The minimum atomic E-state index is -0.119. The Labute approximate surface area is 156 Å². The lowest BCUT2D eigenvalue weighted by atomic mass is 10.1. The molecular formula is C18H25Cl2N3O. The summed E-state index contributed by atoms with van der Waals surface area (Å²) < 4.78 is 0. The topological polar surface area (TPSA) is 67.2 Å². The van der Waals surface area contributed by atoms with Crippen LogP contribution in [0.5, 0.6) is 0 Å². The fourth-order valence-corrected chi connectivity index (χ4v) is 2.18. The van der Waals surface area contributed by atoms with E-state index in [-0.39, 0.29) is 36.8 Å².